The monoisotopic (exact) mass is 253 g/mol. The SMILES string of the molecule is O=C1C[C@@H](C(=O)c2ccccc2)[C@H](c2ccc[cH-]2)O1. The molecule has 2 aromatic rings. The van der Waals surface area contributed by atoms with Crippen molar-refractivity contribution in [1.29, 1.82) is 0 Å². The number of benzene rings is 1. The summed E-state index contributed by atoms with van der Waals surface area (Å²) in [5, 5.41) is 0. The number of Topliss-reactive ketones (excluding diaryl/α,β-unsaturated/α-hetero) is 1. The molecule has 1 aliphatic rings. The zero-order chi connectivity index (χ0) is 13.2. The summed E-state index contributed by atoms with van der Waals surface area (Å²) in [5.74, 6) is -0.754. The van der Waals surface area contributed by atoms with Crippen LogP contribution < -0.4 is 0 Å². The van der Waals surface area contributed by atoms with Crippen LogP contribution in [0, 0.1) is 5.92 Å². The van der Waals surface area contributed by atoms with Gasteiger partial charge in [-0.15, -0.1) is 5.56 Å². The van der Waals surface area contributed by atoms with Crippen molar-refractivity contribution in [2.24, 2.45) is 5.92 Å². The molecule has 0 spiro atoms. The number of carbonyl (C=O) groups excluding carboxylic acids is 2. The van der Waals surface area contributed by atoms with Crippen molar-refractivity contribution >= 4 is 11.8 Å². The second-order valence-corrected chi connectivity index (χ2v) is 4.67. The van der Waals surface area contributed by atoms with E-state index in [1.807, 2.05) is 42.5 Å². The lowest BCUT2D eigenvalue weighted by Crippen LogP contribution is -2.18. The summed E-state index contributed by atoms with van der Waals surface area (Å²) < 4.78 is 5.30. The van der Waals surface area contributed by atoms with Crippen LogP contribution in [-0.2, 0) is 9.53 Å². The molecule has 1 heterocycles. The molecule has 0 aliphatic carbocycles. The van der Waals surface area contributed by atoms with E-state index in [-0.39, 0.29) is 18.2 Å². The Balaban J connectivity index is 1.90. The molecule has 96 valence electrons. The van der Waals surface area contributed by atoms with Gasteiger partial charge in [0.1, 0.15) is 6.10 Å². The molecule has 0 bridgehead atoms. The second-order valence-electron chi connectivity index (χ2n) is 4.67. The molecule has 3 nitrogen and oxygen atoms in total. The van der Waals surface area contributed by atoms with Gasteiger partial charge in [-0.05, 0) is 0 Å². The molecular weight excluding hydrogens is 240 g/mol. The highest BCUT2D eigenvalue weighted by Crippen LogP contribution is 2.37. The van der Waals surface area contributed by atoms with Crippen LogP contribution >= 0.6 is 0 Å². The number of ether oxygens (including phenoxy) is 1. The zero-order valence-electron chi connectivity index (χ0n) is 10.3. The topological polar surface area (TPSA) is 43.4 Å². The van der Waals surface area contributed by atoms with E-state index < -0.39 is 12.0 Å². The number of hydrogen-bond donors (Lipinski definition) is 0. The Bertz CT molecular complexity index is 584. The maximum absolute atomic E-state index is 12.5. The molecule has 3 heteroatoms. The van der Waals surface area contributed by atoms with Gasteiger partial charge in [0.2, 0.25) is 0 Å². The molecule has 0 amide bonds. The Kier molecular flexibility index (Phi) is 2.95. The van der Waals surface area contributed by atoms with Crippen LogP contribution in [0.3, 0.4) is 0 Å². The number of hydrogen-bond acceptors (Lipinski definition) is 3. The zero-order valence-corrected chi connectivity index (χ0v) is 10.3. The third-order valence-electron chi connectivity index (χ3n) is 3.42. The summed E-state index contributed by atoms with van der Waals surface area (Å²) in [6, 6.07) is 16.6. The van der Waals surface area contributed by atoms with Crippen molar-refractivity contribution in [2.75, 3.05) is 0 Å². The molecule has 1 saturated heterocycles. The average Bonchev–Trinajstić information content (AvgIpc) is 3.07. The Morgan fingerprint density at radius 3 is 2.63 bits per heavy atom. The lowest BCUT2D eigenvalue weighted by molar-refractivity contribution is -0.141. The second kappa shape index (κ2) is 4.76. The fourth-order valence-electron chi connectivity index (χ4n) is 2.48. The van der Waals surface area contributed by atoms with Gasteiger partial charge < -0.3 is 4.74 Å². The Morgan fingerprint density at radius 1 is 1.16 bits per heavy atom. The third-order valence-corrected chi connectivity index (χ3v) is 3.42. The van der Waals surface area contributed by atoms with Crippen LogP contribution in [0.2, 0.25) is 0 Å². The van der Waals surface area contributed by atoms with Crippen LogP contribution in [0.15, 0.2) is 54.6 Å². The van der Waals surface area contributed by atoms with Crippen molar-refractivity contribution in [3.63, 3.8) is 0 Å². The first-order chi connectivity index (χ1) is 9.25. The molecule has 0 saturated carbocycles. The van der Waals surface area contributed by atoms with Crippen LogP contribution in [0.5, 0.6) is 0 Å². The van der Waals surface area contributed by atoms with Gasteiger partial charge >= 0.3 is 5.97 Å². The van der Waals surface area contributed by atoms with Crippen molar-refractivity contribution in [2.45, 2.75) is 12.5 Å². The first-order valence-electron chi connectivity index (χ1n) is 6.26. The highest BCUT2D eigenvalue weighted by Gasteiger charge is 2.39. The van der Waals surface area contributed by atoms with Gasteiger partial charge in [0, 0.05) is 5.56 Å². The minimum absolute atomic E-state index is 0.0300. The predicted molar refractivity (Wildman–Crippen MR) is 69.7 cm³/mol. The Labute approximate surface area is 111 Å². The molecule has 19 heavy (non-hydrogen) atoms. The molecule has 0 N–H and O–H groups in total. The Morgan fingerprint density at radius 2 is 1.95 bits per heavy atom. The molecule has 0 radical (unpaired) electrons. The maximum Gasteiger partial charge on any atom is 0.307 e. The quantitative estimate of drug-likeness (QED) is 0.480. The van der Waals surface area contributed by atoms with Crippen molar-refractivity contribution in [3.8, 4) is 0 Å². The smallest absolute Gasteiger partial charge is 0.307 e. The maximum atomic E-state index is 12.5. The molecule has 0 aromatic heterocycles. The minimum Gasteiger partial charge on any atom is -0.459 e. The standard InChI is InChI=1S/C16H13O3/c17-14-10-13(15(18)11-6-2-1-3-7-11)16(19-14)12-8-4-5-9-12/h1-9,13,16H,10H2/q-1/t13-,16-/m0/s1. The van der Waals surface area contributed by atoms with Gasteiger partial charge in [-0.2, -0.15) is 12.1 Å². The normalized spacial score (nSPS) is 22.2. The van der Waals surface area contributed by atoms with E-state index in [2.05, 4.69) is 0 Å². The van der Waals surface area contributed by atoms with E-state index in [1.165, 1.54) is 0 Å². The fourth-order valence-corrected chi connectivity index (χ4v) is 2.48. The summed E-state index contributed by atoms with van der Waals surface area (Å²) in [6.07, 6.45) is -0.293. The lowest BCUT2D eigenvalue weighted by Gasteiger charge is -2.18. The number of esters is 1. The van der Waals surface area contributed by atoms with Crippen LogP contribution in [0.25, 0.3) is 0 Å². The van der Waals surface area contributed by atoms with Gasteiger partial charge in [0.05, 0.1) is 12.3 Å². The highest BCUT2D eigenvalue weighted by molar-refractivity contribution is 6.01. The van der Waals surface area contributed by atoms with E-state index >= 15 is 0 Å². The van der Waals surface area contributed by atoms with E-state index in [1.54, 1.807) is 12.1 Å². The van der Waals surface area contributed by atoms with Crippen molar-refractivity contribution in [1.82, 2.24) is 0 Å². The Hall–Kier alpha value is -2.29. The molecular formula is C16H13O3-. The number of ketones is 1. The molecule has 0 unspecified atom stereocenters. The molecule has 1 fully saturated rings. The lowest BCUT2D eigenvalue weighted by atomic mass is 9.89. The summed E-state index contributed by atoms with van der Waals surface area (Å²) >= 11 is 0. The molecule has 2 aromatic carbocycles. The van der Waals surface area contributed by atoms with E-state index in [0.717, 1.165) is 5.56 Å². The first kappa shape index (κ1) is 11.8. The summed E-state index contributed by atoms with van der Waals surface area (Å²) in [7, 11) is 0. The van der Waals surface area contributed by atoms with Gasteiger partial charge in [0.15, 0.2) is 5.78 Å². The third kappa shape index (κ3) is 2.19. The molecule has 1 aliphatic heterocycles. The minimum atomic E-state index is -0.449. The van der Waals surface area contributed by atoms with Gasteiger partial charge in [0.25, 0.3) is 0 Å². The van der Waals surface area contributed by atoms with Crippen LogP contribution in [0.1, 0.15) is 28.4 Å². The van der Waals surface area contributed by atoms with Gasteiger partial charge in [-0.25, -0.2) is 12.1 Å². The number of cyclic esters (lactones) is 1. The largest absolute Gasteiger partial charge is 0.459 e. The van der Waals surface area contributed by atoms with Crippen LogP contribution in [-0.4, -0.2) is 11.8 Å². The predicted octanol–water partition coefficient (Wildman–Crippen LogP) is 2.89. The highest BCUT2D eigenvalue weighted by atomic mass is 16.6. The summed E-state index contributed by atoms with van der Waals surface area (Å²) in [6.45, 7) is 0. The summed E-state index contributed by atoms with van der Waals surface area (Å²) in [4.78, 5) is 24.0. The number of carbonyl (C=O) groups is 2. The van der Waals surface area contributed by atoms with Crippen LogP contribution in [0.4, 0.5) is 0 Å². The van der Waals surface area contributed by atoms with Gasteiger partial charge in [-0.1, -0.05) is 30.3 Å². The van der Waals surface area contributed by atoms with Gasteiger partial charge in [-0.3, -0.25) is 9.59 Å². The van der Waals surface area contributed by atoms with E-state index in [0.29, 0.717) is 5.56 Å². The number of rotatable bonds is 3. The van der Waals surface area contributed by atoms with E-state index in [4.69, 9.17) is 4.74 Å². The van der Waals surface area contributed by atoms with Crippen molar-refractivity contribution < 1.29 is 14.3 Å². The van der Waals surface area contributed by atoms with Crippen molar-refractivity contribution in [3.05, 3.63) is 65.7 Å². The van der Waals surface area contributed by atoms with E-state index in [9.17, 15) is 9.59 Å². The average molecular weight is 253 g/mol. The first-order valence-corrected chi connectivity index (χ1v) is 6.26. The molecule has 2 atom stereocenters. The fraction of sp³-hybridized carbons (Fsp3) is 0.188. The molecule has 3 rings (SSSR count). The summed E-state index contributed by atoms with van der Waals surface area (Å²) in [5.41, 5.74) is 1.52.